The maximum absolute atomic E-state index is 12.5. The molecule has 1 amide bonds. The van der Waals surface area contributed by atoms with Crippen molar-refractivity contribution in [2.24, 2.45) is 0 Å². The van der Waals surface area contributed by atoms with Crippen LogP contribution in [0.2, 0.25) is 0 Å². The van der Waals surface area contributed by atoms with Crippen LogP contribution in [0.15, 0.2) is 24.3 Å². The van der Waals surface area contributed by atoms with E-state index in [4.69, 9.17) is 9.47 Å². The number of ether oxygens (including phenoxy) is 2. The monoisotopic (exact) mass is 321 g/mol. The molecule has 1 fully saturated rings. The zero-order valence-corrected chi connectivity index (χ0v) is 13.7. The van der Waals surface area contributed by atoms with Gasteiger partial charge >= 0.3 is 5.97 Å². The lowest BCUT2D eigenvalue weighted by atomic mass is 10.1. The summed E-state index contributed by atoms with van der Waals surface area (Å²) in [6, 6.07) is 6.51. The molecule has 0 bridgehead atoms. The SMILES string of the molecule is COC1CC(C(=O)O)N(C(=O)Cc2cccc(OC(C)C)c2)C1. The highest BCUT2D eigenvalue weighted by Crippen LogP contribution is 2.22. The summed E-state index contributed by atoms with van der Waals surface area (Å²) in [5, 5.41) is 9.29. The van der Waals surface area contributed by atoms with Crippen LogP contribution >= 0.6 is 0 Å². The van der Waals surface area contributed by atoms with E-state index in [1.807, 2.05) is 38.1 Å². The summed E-state index contributed by atoms with van der Waals surface area (Å²) in [7, 11) is 1.53. The highest BCUT2D eigenvalue weighted by molar-refractivity contribution is 5.85. The third-order valence-electron chi connectivity index (χ3n) is 3.83. The predicted molar refractivity (Wildman–Crippen MR) is 84.5 cm³/mol. The topological polar surface area (TPSA) is 76.1 Å². The van der Waals surface area contributed by atoms with Crippen LogP contribution in [0.1, 0.15) is 25.8 Å². The fourth-order valence-electron chi connectivity index (χ4n) is 2.76. The number of carbonyl (C=O) groups excluding carboxylic acids is 1. The molecule has 0 saturated carbocycles. The molecule has 2 rings (SSSR count). The van der Waals surface area contributed by atoms with Crippen LogP contribution in [0.4, 0.5) is 0 Å². The van der Waals surface area contributed by atoms with E-state index in [2.05, 4.69) is 0 Å². The van der Waals surface area contributed by atoms with Gasteiger partial charge in [-0.25, -0.2) is 4.79 Å². The quantitative estimate of drug-likeness (QED) is 0.863. The van der Waals surface area contributed by atoms with E-state index in [0.29, 0.717) is 18.7 Å². The van der Waals surface area contributed by atoms with Crippen molar-refractivity contribution in [1.82, 2.24) is 4.90 Å². The smallest absolute Gasteiger partial charge is 0.326 e. The molecule has 6 nitrogen and oxygen atoms in total. The minimum atomic E-state index is -0.991. The minimum absolute atomic E-state index is 0.0541. The molecule has 1 aliphatic rings. The molecule has 0 aromatic heterocycles. The number of carboxylic acids is 1. The number of nitrogens with zero attached hydrogens (tertiary/aromatic N) is 1. The van der Waals surface area contributed by atoms with Crippen LogP contribution in [0.3, 0.4) is 0 Å². The Bertz CT molecular complexity index is 572. The Kier molecular flexibility index (Phi) is 5.60. The molecule has 1 aromatic rings. The molecule has 126 valence electrons. The Morgan fingerprint density at radius 3 is 2.74 bits per heavy atom. The fourth-order valence-corrected chi connectivity index (χ4v) is 2.76. The second-order valence-electron chi connectivity index (χ2n) is 5.98. The molecule has 1 N–H and O–H groups in total. The molecule has 2 atom stereocenters. The van der Waals surface area contributed by atoms with Crippen LogP contribution in [-0.4, -0.2) is 53.8 Å². The van der Waals surface area contributed by atoms with Crippen LogP contribution in [-0.2, 0) is 20.7 Å². The van der Waals surface area contributed by atoms with Gasteiger partial charge in [-0.1, -0.05) is 12.1 Å². The summed E-state index contributed by atoms with van der Waals surface area (Å²) in [5.74, 6) is -0.496. The average Bonchev–Trinajstić information content (AvgIpc) is 2.91. The van der Waals surface area contributed by atoms with Crippen LogP contribution in [0.5, 0.6) is 5.75 Å². The zero-order valence-electron chi connectivity index (χ0n) is 13.7. The highest BCUT2D eigenvalue weighted by Gasteiger charge is 2.39. The number of aliphatic carboxylic acids is 1. The van der Waals surface area contributed by atoms with Gasteiger partial charge in [0.15, 0.2) is 0 Å². The van der Waals surface area contributed by atoms with Crippen molar-refractivity contribution >= 4 is 11.9 Å². The highest BCUT2D eigenvalue weighted by atomic mass is 16.5. The van der Waals surface area contributed by atoms with E-state index in [9.17, 15) is 14.7 Å². The maximum Gasteiger partial charge on any atom is 0.326 e. The standard InChI is InChI=1S/C17H23NO5/c1-11(2)23-13-6-4-5-12(7-13)8-16(19)18-10-14(22-3)9-15(18)17(20)21/h4-7,11,14-15H,8-10H2,1-3H3,(H,20,21). The lowest BCUT2D eigenvalue weighted by Crippen LogP contribution is -2.41. The van der Waals surface area contributed by atoms with Gasteiger partial charge in [-0.05, 0) is 31.5 Å². The van der Waals surface area contributed by atoms with Crippen molar-refractivity contribution in [1.29, 1.82) is 0 Å². The zero-order chi connectivity index (χ0) is 17.0. The van der Waals surface area contributed by atoms with Crippen LogP contribution < -0.4 is 4.74 Å². The van der Waals surface area contributed by atoms with Gasteiger partial charge in [-0.15, -0.1) is 0 Å². The molecule has 0 radical (unpaired) electrons. The second kappa shape index (κ2) is 7.46. The first-order valence-electron chi connectivity index (χ1n) is 7.71. The number of benzene rings is 1. The number of methoxy groups -OCH3 is 1. The number of amides is 1. The molecule has 2 unspecified atom stereocenters. The lowest BCUT2D eigenvalue weighted by Gasteiger charge is -2.21. The first-order chi connectivity index (χ1) is 10.9. The summed E-state index contributed by atoms with van der Waals surface area (Å²) < 4.78 is 10.8. The van der Waals surface area contributed by atoms with E-state index >= 15 is 0 Å². The predicted octanol–water partition coefficient (Wildman–Crippen LogP) is 1.72. The van der Waals surface area contributed by atoms with E-state index in [-0.39, 0.29) is 24.5 Å². The Balaban J connectivity index is 2.07. The van der Waals surface area contributed by atoms with Crippen molar-refractivity contribution in [2.75, 3.05) is 13.7 Å². The normalized spacial score (nSPS) is 20.8. The van der Waals surface area contributed by atoms with Gasteiger partial charge in [0.25, 0.3) is 0 Å². The minimum Gasteiger partial charge on any atom is -0.491 e. The summed E-state index contributed by atoms with van der Waals surface area (Å²) in [4.78, 5) is 25.2. The fraction of sp³-hybridized carbons (Fsp3) is 0.529. The number of carbonyl (C=O) groups is 2. The second-order valence-corrected chi connectivity index (χ2v) is 5.98. The van der Waals surface area contributed by atoms with Crippen LogP contribution in [0, 0.1) is 0 Å². The van der Waals surface area contributed by atoms with Crippen molar-refractivity contribution in [3.63, 3.8) is 0 Å². The van der Waals surface area contributed by atoms with E-state index in [1.165, 1.54) is 12.0 Å². The molecule has 1 aliphatic heterocycles. The summed E-state index contributed by atoms with van der Waals surface area (Å²) in [6.45, 7) is 4.18. The third-order valence-corrected chi connectivity index (χ3v) is 3.83. The van der Waals surface area contributed by atoms with E-state index in [0.717, 1.165) is 5.56 Å². The molecule has 0 aliphatic carbocycles. The van der Waals surface area contributed by atoms with Gasteiger partial charge in [0.2, 0.25) is 5.91 Å². The van der Waals surface area contributed by atoms with Gasteiger partial charge in [0.1, 0.15) is 11.8 Å². The average molecular weight is 321 g/mol. The largest absolute Gasteiger partial charge is 0.491 e. The molecule has 23 heavy (non-hydrogen) atoms. The Morgan fingerprint density at radius 1 is 1.39 bits per heavy atom. The first-order valence-corrected chi connectivity index (χ1v) is 7.71. The Hall–Kier alpha value is -2.08. The molecule has 6 heteroatoms. The summed E-state index contributed by atoms with van der Waals surface area (Å²) in [6.07, 6.45) is 0.304. The molecule has 1 heterocycles. The third kappa shape index (κ3) is 4.45. The number of carboxylic acid groups (broad SMARTS) is 1. The van der Waals surface area contributed by atoms with E-state index in [1.54, 1.807) is 0 Å². The van der Waals surface area contributed by atoms with Gasteiger partial charge < -0.3 is 19.5 Å². The number of hydrogen-bond acceptors (Lipinski definition) is 4. The van der Waals surface area contributed by atoms with Crippen LogP contribution in [0.25, 0.3) is 0 Å². The lowest BCUT2D eigenvalue weighted by molar-refractivity contribution is -0.148. The molecule has 0 spiro atoms. The van der Waals surface area contributed by atoms with E-state index < -0.39 is 12.0 Å². The van der Waals surface area contributed by atoms with Crippen molar-refractivity contribution in [3.05, 3.63) is 29.8 Å². The number of likely N-dealkylation sites (tertiary alicyclic amines) is 1. The van der Waals surface area contributed by atoms with Gasteiger partial charge in [-0.3, -0.25) is 4.79 Å². The van der Waals surface area contributed by atoms with Gasteiger partial charge in [0.05, 0.1) is 18.6 Å². The Labute approximate surface area is 136 Å². The van der Waals surface area contributed by atoms with Crippen molar-refractivity contribution in [2.45, 2.75) is 44.9 Å². The molecular weight excluding hydrogens is 298 g/mol. The van der Waals surface area contributed by atoms with Crippen molar-refractivity contribution < 1.29 is 24.2 Å². The van der Waals surface area contributed by atoms with Gasteiger partial charge in [-0.2, -0.15) is 0 Å². The summed E-state index contributed by atoms with van der Waals surface area (Å²) in [5.41, 5.74) is 0.804. The van der Waals surface area contributed by atoms with Crippen molar-refractivity contribution in [3.8, 4) is 5.75 Å². The molecule has 1 saturated heterocycles. The maximum atomic E-state index is 12.5. The first kappa shape index (κ1) is 17.3. The number of hydrogen-bond donors (Lipinski definition) is 1. The number of rotatable bonds is 6. The molecule has 1 aromatic carbocycles. The van der Waals surface area contributed by atoms with Gasteiger partial charge in [0, 0.05) is 20.1 Å². The summed E-state index contributed by atoms with van der Waals surface area (Å²) >= 11 is 0. The molecular formula is C17H23NO5. The Morgan fingerprint density at radius 2 is 2.13 bits per heavy atom.